The molecule has 0 saturated heterocycles. The van der Waals surface area contributed by atoms with Crippen LogP contribution >= 0.6 is 22.9 Å². The molecule has 158 valence electrons. The molecule has 1 N–H and O–H groups in total. The van der Waals surface area contributed by atoms with Crippen molar-refractivity contribution >= 4 is 49.7 Å². The lowest BCUT2D eigenvalue weighted by Crippen LogP contribution is -2.45. The Labute approximate surface area is 183 Å². The van der Waals surface area contributed by atoms with Crippen molar-refractivity contribution in [2.75, 3.05) is 23.0 Å². The van der Waals surface area contributed by atoms with E-state index in [1.807, 2.05) is 30.3 Å². The van der Waals surface area contributed by atoms with Gasteiger partial charge in [-0.3, -0.25) is 14.4 Å². The zero-order valence-corrected chi connectivity index (χ0v) is 18.8. The third-order valence-electron chi connectivity index (χ3n) is 4.15. The average molecular weight is 467 g/mol. The van der Waals surface area contributed by atoms with Crippen LogP contribution in [0.3, 0.4) is 0 Å². The van der Waals surface area contributed by atoms with Gasteiger partial charge in [0.15, 0.2) is 0 Å². The summed E-state index contributed by atoms with van der Waals surface area (Å²) in [5.41, 5.74) is 1.11. The van der Waals surface area contributed by atoms with Crippen LogP contribution in [-0.4, -0.2) is 43.9 Å². The topological polar surface area (TPSA) is 101 Å². The van der Waals surface area contributed by atoms with Gasteiger partial charge in [0.1, 0.15) is 16.8 Å². The van der Waals surface area contributed by atoms with Crippen LogP contribution in [0.1, 0.15) is 6.92 Å². The van der Waals surface area contributed by atoms with Crippen molar-refractivity contribution in [2.24, 2.45) is 0 Å². The van der Waals surface area contributed by atoms with Crippen molar-refractivity contribution in [1.29, 1.82) is 0 Å². The van der Waals surface area contributed by atoms with E-state index in [0.29, 0.717) is 10.8 Å². The molecule has 1 aromatic heterocycles. The Morgan fingerprint density at radius 1 is 1.20 bits per heavy atom. The molecule has 3 rings (SSSR count). The summed E-state index contributed by atoms with van der Waals surface area (Å²) in [6, 6.07) is 12.8. The summed E-state index contributed by atoms with van der Waals surface area (Å²) in [5.74, 6) is -0.156. The number of carbonyl (C=O) groups is 1. The van der Waals surface area contributed by atoms with Gasteiger partial charge in [-0.2, -0.15) is 0 Å². The second kappa shape index (κ2) is 8.99. The summed E-state index contributed by atoms with van der Waals surface area (Å²) in [7, 11) is -2.33. The predicted octanol–water partition coefficient (Wildman–Crippen LogP) is 3.66. The van der Waals surface area contributed by atoms with Gasteiger partial charge >= 0.3 is 0 Å². The molecule has 0 aliphatic rings. The highest BCUT2D eigenvalue weighted by molar-refractivity contribution is 7.92. The summed E-state index contributed by atoms with van der Waals surface area (Å²) >= 11 is 7.33. The van der Waals surface area contributed by atoms with Gasteiger partial charge in [-0.25, -0.2) is 8.42 Å². The molecule has 0 saturated carbocycles. The number of amides is 1. The molecule has 1 heterocycles. The quantitative estimate of drug-likeness (QED) is 0.570. The first-order chi connectivity index (χ1) is 14.2. The molecule has 1 amide bonds. The van der Waals surface area contributed by atoms with Gasteiger partial charge in [-0.15, -0.1) is 10.2 Å². The molecule has 3 aromatic rings. The summed E-state index contributed by atoms with van der Waals surface area (Å²) in [5, 5.41) is 11.8. The second-order valence-electron chi connectivity index (χ2n) is 6.32. The number of nitrogens with one attached hydrogen (secondary N) is 1. The highest BCUT2D eigenvalue weighted by atomic mass is 35.5. The van der Waals surface area contributed by atoms with E-state index in [1.54, 1.807) is 0 Å². The number of sulfonamides is 1. The Kier molecular flexibility index (Phi) is 6.59. The fourth-order valence-electron chi connectivity index (χ4n) is 2.78. The lowest BCUT2D eigenvalue weighted by molar-refractivity contribution is -0.116. The van der Waals surface area contributed by atoms with E-state index >= 15 is 0 Å². The van der Waals surface area contributed by atoms with E-state index in [9.17, 15) is 13.2 Å². The van der Waals surface area contributed by atoms with Crippen LogP contribution in [0.4, 0.5) is 10.8 Å². The van der Waals surface area contributed by atoms with Crippen molar-refractivity contribution in [3.05, 3.63) is 53.6 Å². The summed E-state index contributed by atoms with van der Waals surface area (Å²) in [4.78, 5) is 12.8. The van der Waals surface area contributed by atoms with Crippen LogP contribution < -0.4 is 14.4 Å². The maximum atomic E-state index is 12.8. The number of halogens is 1. The first-order valence-electron chi connectivity index (χ1n) is 8.73. The van der Waals surface area contributed by atoms with E-state index in [1.165, 1.54) is 43.6 Å². The molecule has 0 radical (unpaired) electrons. The van der Waals surface area contributed by atoms with Crippen LogP contribution in [0.15, 0.2) is 48.5 Å². The fraction of sp³-hybridized carbons (Fsp3) is 0.211. The van der Waals surface area contributed by atoms with Gasteiger partial charge in [0.2, 0.25) is 21.1 Å². The van der Waals surface area contributed by atoms with Gasteiger partial charge in [0, 0.05) is 5.56 Å². The standard InChI is InChI=1S/C19H19ClN4O4S2/c1-12(24(30(3,26)27)14-9-10-16(28-2)15(20)11-14)17(25)21-19-23-22-18(29-19)13-7-5-4-6-8-13/h4-12H,1-3H3,(H,21,23,25)/t12-/m0/s1. The van der Waals surface area contributed by atoms with Crippen LogP contribution in [0.2, 0.25) is 5.02 Å². The zero-order chi connectivity index (χ0) is 21.9. The number of hydrogen-bond donors (Lipinski definition) is 1. The number of hydrogen-bond acceptors (Lipinski definition) is 7. The lowest BCUT2D eigenvalue weighted by Gasteiger charge is -2.28. The van der Waals surface area contributed by atoms with Crippen LogP contribution in [0, 0.1) is 0 Å². The van der Waals surface area contributed by atoms with Gasteiger partial charge in [-0.05, 0) is 25.1 Å². The summed E-state index contributed by atoms with van der Waals surface area (Å²) in [6.45, 7) is 1.48. The molecule has 0 bridgehead atoms. The normalized spacial score (nSPS) is 12.3. The minimum atomic E-state index is -3.79. The number of carbonyl (C=O) groups excluding carboxylic acids is 1. The largest absolute Gasteiger partial charge is 0.495 e. The van der Waals surface area contributed by atoms with E-state index in [-0.39, 0.29) is 15.8 Å². The van der Waals surface area contributed by atoms with E-state index in [4.69, 9.17) is 16.3 Å². The van der Waals surface area contributed by atoms with Crippen LogP contribution in [0.25, 0.3) is 10.6 Å². The molecular weight excluding hydrogens is 448 g/mol. The first kappa shape index (κ1) is 22.0. The smallest absolute Gasteiger partial charge is 0.249 e. The lowest BCUT2D eigenvalue weighted by atomic mass is 10.2. The number of ether oxygens (including phenoxy) is 1. The molecule has 0 aliphatic carbocycles. The molecule has 0 fully saturated rings. The van der Waals surface area contributed by atoms with E-state index in [2.05, 4.69) is 15.5 Å². The minimum Gasteiger partial charge on any atom is -0.495 e. The zero-order valence-electron chi connectivity index (χ0n) is 16.4. The Bertz CT molecular complexity index is 1150. The molecule has 30 heavy (non-hydrogen) atoms. The summed E-state index contributed by atoms with van der Waals surface area (Å²) in [6.07, 6.45) is 1.02. The highest BCUT2D eigenvalue weighted by Crippen LogP contribution is 2.32. The van der Waals surface area contributed by atoms with Crippen molar-refractivity contribution in [2.45, 2.75) is 13.0 Å². The highest BCUT2D eigenvalue weighted by Gasteiger charge is 2.30. The summed E-state index contributed by atoms with van der Waals surface area (Å²) < 4.78 is 31.0. The molecule has 1 atom stereocenters. The van der Waals surface area contributed by atoms with Crippen molar-refractivity contribution in [1.82, 2.24) is 10.2 Å². The number of methoxy groups -OCH3 is 1. The molecule has 11 heteroatoms. The maximum absolute atomic E-state index is 12.8. The third-order valence-corrected chi connectivity index (χ3v) is 6.58. The van der Waals surface area contributed by atoms with E-state index in [0.717, 1.165) is 16.1 Å². The second-order valence-corrected chi connectivity index (χ2v) is 9.57. The Balaban J connectivity index is 1.83. The van der Waals surface area contributed by atoms with Crippen LogP contribution in [0.5, 0.6) is 5.75 Å². The molecular formula is C19H19ClN4O4S2. The monoisotopic (exact) mass is 466 g/mol. The maximum Gasteiger partial charge on any atom is 0.249 e. The van der Waals surface area contributed by atoms with Gasteiger partial charge in [0.25, 0.3) is 0 Å². The van der Waals surface area contributed by atoms with Crippen molar-refractivity contribution < 1.29 is 17.9 Å². The SMILES string of the molecule is COc1ccc(N([C@@H](C)C(=O)Nc2nnc(-c3ccccc3)s2)S(C)(=O)=O)cc1Cl. The minimum absolute atomic E-state index is 0.230. The number of nitrogens with zero attached hydrogens (tertiary/aromatic N) is 3. The third kappa shape index (κ3) is 4.89. The first-order valence-corrected chi connectivity index (χ1v) is 11.8. The number of rotatable bonds is 7. The Morgan fingerprint density at radius 3 is 2.50 bits per heavy atom. The molecule has 0 spiro atoms. The van der Waals surface area contributed by atoms with Gasteiger partial charge in [-0.1, -0.05) is 53.3 Å². The number of benzene rings is 2. The van der Waals surface area contributed by atoms with Gasteiger partial charge in [0.05, 0.1) is 24.1 Å². The number of anilines is 2. The molecule has 8 nitrogen and oxygen atoms in total. The Morgan fingerprint density at radius 2 is 1.90 bits per heavy atom. The molecule has 0 aliphatic heterocycles. The average Bonchev–Trinajstić information content (AvgIpc) is 3.16. The van der Waals surface area contributed by atoms with Crippen molar-refractivity contribution in [3.63, 3.8) is 0 Å². The van der Waals surface area contributed by atoms with Crippen LogP contribution in [-0.2, 0) is 14.8 Å². The van der Waals surface area contributed by atoms with Crippen molar-refractivity contribution in [3.8, 4) is 16.3 Å². The van der Waals surface area contributed by atoms with Gasteiger partial charge < -0.3 is 4.74 Å². The Hall–Kier alpha value is -2.69. The fourth-order valence-corrected chi connectivity index (χ4v) is 4.95. The predicted molar refractivity (Wildman–Crippen MR) is 119 cm³/mol. The number of aromatic nitrogens is 2. The van der Waals surface area contributed by atoms with E-state index < -0.39 is 22.0 Å². The molecule has 0 unspecified atom stereocenters. The molecule has 2 aromatic carbocycles.